The highest BCUT2D eigenvalue weighted by molar-refractivity contribution is 5.90. The predicted octanol–water partition coefficient (Wildman–Crippen LogP) is 2.99. The number of rotatable bonds is 3. The fourth-order valence-electron chi connectivity index (χ4n) is 1.38. The molecule has 2 heterocycles. The van der Waals surface area contributed by atoms with E-state index >= 15 is 0 Å². The van der Waals surface area contributed by atoms with Crippen molar-refractivity contribution in [1.82, 2.24) is 9.97 Å². The van der Waals surface area contributed by atoms with Gasteiger partial charge in [-0.2, -0.15) is 13.2 Å². The Morgan fingerprint density at radius 3 is 2.65 bits per heavy atom. The molecule has 0 saturated carbocycles. The maximum Gasteiger partial charge on any atom is 0.433 e. The summed E-state index contributed by atoms with van der Waals surface area (Å²) >= 11 is 0. The topological polar surface area (TPSA) is 72.3 Å². The summed E-state index contributed by atoms with van der Waals surface area (Å²) in [6, 6.07) is 4.26. The van der Waals surface area contributed by atoms with Gasteiger partial charge in [0.1, 0.15) is 11.3 Å². The molecule has 0 aliphatic heterocycles. The van der Waals surface area contributed by atoms with Gasteiger partial charge in [-0.15, -0.1) is 0 Å². The normalized spacial score (nSPS) is 11.2. The zero-order valence-electron chi connectivity index (χ0n) is 9.76. The van der Waals surface area contributed by atoms with Gasteiger partial charge < -0.3 is 9.84 Å². The molecular weight excluding hydrogens is 277 g/mol. The molecule has 0 bridgehead atoms. The highest BCUT2D eigenvalue weighted by Crippen LogP contribution is 2.30. The Kier molecular flexibility index (Phi) is 3.55. The summed E-state index contributed by atoms with van der Waals surface area (Å²) in [6.45, 7) is 0. The first-order chi connectivity index (χ1) is 9.38. The van der Waals surface area contributed by atoms with E-state index in [0.29, 0.717) is 0 Å². The molecule has 0 amide bonds. The number of ether oxygens (including phenoxy) is 1. The van der Waals surface area contributed by atoms with E-state index in [2.05, 4.69) is 9.97 Å². The van der Waals surface area contributed by atoms with Crippen LogP contribution in [0.25, 0.3) is 0 Å². The van der Waals surface area contributed by atoms with E-state index in [9.17, 15) is 18.0 Å². The van der Waals surface area contributed by atoms with E-state index in [1.165, 1.54) is 18.3 Å². The van der Waals surface area contributed by atoms with Crippen LogP contribution in [-0.4, -0.2) is 21.0 Å². The molecule has 104 valence electrons. The summed E-state index contributed by atoms with van der Waals surface area (Å²) in [6.07, 6.45) is -2.29. The lowest BCUT2D eigenvalue weighted by Crippen LogP contribution is -2.08. The molecule has 2 aromatic heterocycles. The number of pyridine rings is 2. The zero-order valence-corrected chi connectivity index (χ0v) is 9.76. The minimum atomic E-state index is -4.61. The zero-order chi connectivity index (χ0) is 14.8. The van der Waals surface area contributed by atoms with Crippen molar-refractivity contribution in [3.8, 4) is 11.6 Å². The quantitative estimate of drug-likeness (QED) is 0.938. The van der Waals surface area contributed by atoms with Crippen LogP contribution in [0.3, 0.4) is 0 Å². The monoisotopic (exact) mass is 284 g/mol. The maximum atomic E-state index is 12.5. The third-order valence-corrected chi connectivity index (χ3v) is 2.24. The van der Waals surface area contributed by atoms with E-state index in [1.54, 1.807) is 0 Å². The molecule has 2 aromatic rings. The van der Waals surface area contributed by atoms with Crippen LogP contribution >= 0.6 is 0 Å². The number of alkyl halides is 3. The van der Waals surface area contributed by atoms with Crippen molar-refractivity contribution >= 4 is 5.97 Å². The van der Waals surface area contributed by atoms with Gasteiger partial charge in [-0.3, -0.25) is 4.98 Å². The number of carbonyl (C=O) groups is 1. The SMILES string of the molecule is O=C(O)c1ccncc1Oc1cccc(C(F)(F)F)n1. The van der Waals surface area contributed by atoms with Crippen molar-refractivity contribution in [2.24, 2.45) is 0 Å². The predicted molar refractivity (Wildman–Crippen MR) is 60.5 cm³/mol. The molecule has 2 rings (SSSR count). The Hall–Kier alpha value is -2.64. The molecule has 5 nitrogen and oxygen atoms in total. The second kappa shape index (κ2) is 5.16. The fraction of sp³-hybridized carbons (Fsp3) is 0.0833. The van der Waals surface area contributed by atoms with Crippen LogP contribution in [0, 0.1) is 0 Å². The van der Waals surface area contributed by atoms with Crippen molar-refractivity contribution < 1.29 is 27.8 Å². The Bertz CT molecular complexity index is 644. The second-order valence-electron chi connectivity index (χ2n) is 3.64. The molecule has 0 aliphatic rings. The first-order valence-electron chi connectivity index (χ1n) is 5.27. The van der Waals surface area contributed by atoms with Crippen LogP contribution in [-0.2, 0) is 6.18 Å². The van der Waals surface area contributed by atoms with E-state index < -0.39 is 17.8 Å². The average Bonchev–Trinajstić information content (AvgIpc) is 2.38. The third-order valence-electron chi connectivity index (χ3n) is 2.24. The van der Waals surface area contributed by atoms with E-state index in [-0.39, 0.29) is 17.2 Å². The number of carboxylic acids is 1. The molecule has 1 N–H and O–H groups in total. The fourth-order valence-corrected chi connectivity index (χ4v) is 1.38. The Labute approximate surface area is 110 Å². The number of halogens is 3. The van der Waals surface area contributed by atoms with E-state index in [1.807, 2.05) is 0 Å². The molecule has 0 saturated heterocycles. The molecule has 20 heavy (non-hydrogen) atoms. The average molecular weight is 284 g/mol. The molecule has 0 aliphatic carbocycles. The lowest BCUT2D eigenvalue weighted by atomic mass is 10.2. The molecule has 0 atom stereocenters. The molecule has 8 heteroatoms. The molecule has 0 fully saturated rings. The van der Waals surface area contributed by atoms with Crippen LogP contribution < -0.4 is 4.74 Å². The largest absolute Gasteiger partial charge is 0.478 e. The summed E-state index contributed by atoms with van der Waals surface area (Å²) in [5.41, 5.74) is -1.35. The standard InChI is InChI=1S/C12H7F3N2O3/c13-12(14,15)9-2-1-3-10(17-9)20-8-6-16-5-4-7(8)11(18)19/h1-6H,(H,18,19). The van der Waals surface area contributed by atoms with Gasteiger partial charge in [0.15, 0.2) is 5.75 Å². The Morgan fingerprint density at radius 2 is 2.00 bits per heavy atom. The summed E-state index contributed by atoms with van der Waals surface area (Å²) in [4.78, 5) is 17.9. The second-order valence-corrected chi connectivity index (χ2v) is 3.64. The van der Waals surface area contributed by atoms with Gasteiger partial charge in [0, 0.05) is 12.3 Å². The van der Waals surface area contributed by atoms with Crippen molar-refractivity contribution in [2.45, 2.75) is 6.18 Å². The van der Waals surface area contributed by atoms with Crippen molar-refractivity contribution in [3.05, 3.63) is 47.9 Å². The summed E-state index contributed by atoms with van der Waals surface area (Å²) in [5.74, 6) is -1.84. The number of hydrogen-bond acceptors (Lipinski definition) is 4. The van der Waals surface area contributed by atoms with Gasteiger partial charge in [-0.1, -0.05) is 6.07 Å². The highest BCUT2D eigenvalue weighted by atomic mass is 19.4. The van der Waals surface area contributed by atoms with Gasteiger partial charge in [0.25, 0.3) is 0 Å². The van der Waals surface area contributed by atoms with Gasteiger partial charge in [0.05, 0.1) is 6.20 Å². The number of hydrogen-bond donors (Lipinski definition) is 1. The first kappa shape index (κ1) is 13.8. The van der Waals surface area contributed by atoms with Crippen LogP contribution in [0.5, 0.6) is 11.6 Å². The Balaban J connectivity index is 2.34. The number of aromatic carboxylic acids is 1. The minimum Gasteiger partial charge on any atom is -0.478 e. The summed E-state index contributed by atoms with van der Waals surface area (Å²) < 4.78 is 42.5. The number of aromatic nitrogens is 2. The molecule has 0 spiro atoms. The lowest BCUT2D eigenvalue weighted by Gasteiger charge is -2.09. The van der Waals surface area contributed by atoms with Crippen molar-refractivity contribution in [3.63, 3.8) is 0 Å². The van der Waals surface area contributed by atoms with E-state index in [4.69, 9.17) is 9.84 Å². The smallest absolute Gasteiger partial charge is 0.433 e. The summed E-state index contributed by atoms with van der Waals surface area (Å²) in [7, 11) is 0. The van der Waals surface area contributed by atoms with Gasteiger partial charge >= 0.3 is 12.1 Å². The maximum absolute atomic E-state index is 12.5. The molecule has 0 aromatic carbocycles. The van der Waals surface area contributed by atoms with Crippen molar-refractivity contribution in [1.29, 1.82) is 0 Å². The molecule has 0 radical (unpaired) electrons. The third kappa shape index (κ3) is 3.02. The number of nitrogens with zero attached hydrogens (tertiary/aromatic N) is 2. The van der Waals surface area contributed by atoms with Crippen molar-refractivity contribution in [2.75, 3.05) is 0 Å². The van der Waals surface area contributed by atoms with Crippen LogP contribution in [0.2, 0.25) is 0 Å². The number of carboxylic acid groups (broad SMARTS) is 1. The van der Waals surface area contributed by atoms with E-state index in [0.717, 1.165) is 18.3 Å². The first-order valence-corrected chi connectivity index (χ1v) is 5.27. The molecule has 0 unspecified atom stereocenters. The summed E-state index contributed by atoms with van der Waals surface area (Å²) in [5, 5.41) is 8.92. The van der Waals surface area contributed by atoms with Crippen LogP contribution in [0.1, 0.15) is 16.1 Å². The van der Waals surface area contributed by atoms with Crippen LogP contribution in [0.4, 0.5) is 13.2 Å². The molecular formula is C12H7F3N2O3. The highest BCUT2D eigenvalue weighted by Gasteiger charge is 2.32. The Morgan fingerprint density at radius 1 is 1.25 bits per heavy atom. The van der Waals surface area contributed by atoms with Crippen LogP contribution in [0.15, 0.2) is 36.7 Å². The minimum absolute atomic E-state index is 0.188. The lowest BCUT2D eigenvalue weighted by molar-refractivity contribution is -0.141. The van der Waals surface area contributed by atoms with Gasteiger partial charge in [0.2, 0.25) is 5.88 Å². The van der Waals surface area contributed by atoms with Gasteiger partial charge in [-0.25, -0.2) is 9.78 Å². The van der Waals surface area contributed by atoms with Gasteiger partial charge in [-0.05, 0) is 12.1 Å².